The maximum atomic E-state index is 5.43. The Balaban J connectivity index is 2.99. The molecule has 0 aliphatic carbocycles. The zero-order valence-corrected chi connectivity index (χ0v) is 13.6. The third-order valence-corrected chi connectivity index (χ3v) is 3.69. The van der Waals surface area contributed by atoms with E-state index in [0.717, 1.165) is 24.5 Å². The van der Waals surface area contributed by atoms with Gasteiger partial charge in [0.05, 0.1) is 14.2 Å². The molecule has 0 radical (unpaired) electrons. The maximum absolute atomic E-state index is 5.43. The number of unbranched alkanes of at least 4 members (excludes halogenated alkanes) is 2. The van der Waals surface area contributed by atoms with Gasteiger partial charge in [0.1, 0.15) is 0 Å². The van der Waals surface area contributed by atoms with Crippen molar-refractivity contribution in [3.8, 4) is 11.5 Å². The van der Waals surface area contributed by atoms with Crippen LogP contribution >= 0.6 is 0 Å². The van der Waals surface area contributed by atoms with Crippen LogP contribution in [0.5, 0.6) is 11.5 Å². The van der Waals surface area contributed by atoms with Crippen molar-refractivity contribution in [3.63, 3.8) is 0 Å². The molecular formula is C17H29NO2. The Bertz CT molecular complexity index is 404. The first kappa shape index (κ1) is 16.8. The molecule has 0 heterocycles. The van der Waals surface area contributed by atoms with Crippen LogP contribution in [0.2, 0.25) is 0 Å². The quantitative estimate of drug-likeness (QED) is 0.686. The summed E-state index contributed by atoms with van der Waals surface area (Å²) < 4.78 is 10.8. The molecule has 1 N–H and O–H groups in total. The van der Waals surface area contributed by atoms with Crippen molar-refractivity contribution in [2.75, 3.05) is 20.8 Å². The average molecular weight is 279 g/mol. The van der Waals surface area contributed by atoms with E-state index in [1.54, 1.807) is 14.2 Å². The summed E-state index contributed by atoms with van der Waals surface area (Å²) >= 11 is 0. The van der Waals surface area contributed by atoms with E-state index >= 15 is 0 Å². The van der Waals surface area contributed by atoms with Crippen molar-refractivity contribution in [2.24, 2.45) is 0 Å². The lowest BCUT2D eigenvalue weighted by atomic mass is 9.95. The molecule has 0 bridgehead atoms. The number of ether oxygens (including phenoxy) is 2. The molecule has 3 heteroatoms. The van der Waals surface area contributed by atoms with Crippen molar-refractivity contribution in [2.45, 2.75) is 52.5 Å². The second-order valence-corrected chi connectivity index (χ2v) is 5.17. The SMILES string of the molecule is CCCCCC(NCC)c1cc(OC)c(OC)cc1C. The first-order valence-corrected chi connectivity index (χ1v) is 7.63. The van der Waals surface area contributed by atoms with Gasteiger partial charge in [0.25, 0.3) is 0 Å². The first-order valence-electron chi connectivity index (χ1n) is 7.63. The molecule has 0 saturated heterocycles. The Hall–Kier alpha value is -1.22. The molecule has 1 atom stereocenters. The van der Waals surface area contributed by atoms with E-state index in [4.69, 9.17) is 9.47 Å². The molecule has 0 amide bonds. The molecule has 1 unspecified atom stereocenters. The molecule has 0 aliphatic heterocycles. The molecule has 1 aromatic rings. The van der Waals surface area contributed by atoms with Crippen LogP contribution < -0.4 is 14.8 Å². The summed E-state index contributed by atoms with van der Waals surface area (Å²) in [5.74, 6) is 1.61. The van der Waals surface area contributed by atoms with E-state index in [9.17, 15) is 0 Å². The zero-order chi connectivity index (χ0) is 15.0. The molecule has 0 aromatic heterocycles. The van der Waals surface area contributed by atoms with Gasteiger partial charge in [0.15, 0.2) is 11.5 Å². The molecule has 1 aromatic carbocycles. The van der Waals surface area contributed by atoms with Crippen LogP contribution in [0.15, 0.2) is 12.1 Å². The minimum atomic E-state index is 0.395. The highest BCUT2D eigenvalue weighted by atomic mass is 16.5. The molecule has 114 valence electrons. The lowest BCUT2D eigenvalue weighted by molar-refractivity contribution is 0.353. The van der Waals surface area contributed by atoms with Crippen molar-refractivity contribution in [1.82, 2.24) is 5.32 Å². The zero-order valence-electron chi connectivity index (χ0n) is 13.6. The highest BCUT2D eigenvalue weighted by molar-refractivity contribution is 5.48. The lowest BCUT2D eigenvalue weighted by Crippen LogP contribution is -2.21. The lowest BCUT2D eigenvalue weighted by Gasteiger charge is -2.22. The normalized spacial score (nSPS) is 12.2. The highest BCUT2D eigenvalue weighted by Gasteiger charge is 2.16. The number of nitrogens with one attached hydrogen (secondary N) is 1. The van der Waals surface area contributed by atoms with Crippen LogP contribution in [0.4, 0.5) is 0 Å². The van der Waals surface area contributed by atoms with Gasteiger partial charge >= 0.3 is 0 Å². The number of rotatable bonds is 9. The fourth-order valence-electron chi connectivity index (χ4n) is 2.58. The largest absolute Gasteiger partial charge is 0.493 e. The van der Waals surface area contributed by atoms with Crippen LogP contribution in [0.3, 0.4) is 0 Å². The average Bonchev–Trinajstić information content (AvgIpc) is 2.46. The molecule has 1 rings (SSSR count). The van der Waals surface area contributed by atoms with Gasteiger partial charge in [0.2, 0.25) is 0 Å². The number of methoxy groups -OCH3 is 2. The Labute approximate surface area is 123 Å². The van der Waals surface area contributed by atoms with Gasteiger partial charge in [0, 0.05) is 6.04 Å². The fourth-order valence-corrected chi connectivity index (χ4v) is 2.58. The van der Waals surface area contributed by atoms with Crippen molar-refractivity contribution in [3.05, 3.63) is 23.3 Å². The molecule has 0 saturated carbocycles. The molecule has 3 nitrogen and oxygen atoms in total. The molecule has 0 spiro atoms. The summed E-state index contributed by atoms with van der Waals surface area (Å²) in [5.41, 5.74) is 2.57. The van der Waals surface area contributed by atoms with E-state index in [0.29, 0.717) is 6.04 Å². The van der Waals surface area contributed by atoms with E-state index in [2.05, 4.69) is 38.2 Å². The predicted octanol–water partition coefficient (Wildman–Crippen LogP) is 4.24. The summed E-state index contributed by atoms with van der Waals surface area (Å²) in [6, 6.07) is 4.58. The van der Waals surface area contributed by atoms with E-state index in [1.165, 1.54) is 30.4 Å². The van der Waals surface area contributed by atoms with Gasteiger partial charge in [-0.2, -0.15) is 0 Å². The van der Waals surface area contributed by atoms with Crippen molar-refractivity contribution < 1.29 is 9.47 Å². The van der Waals surface area contributed by atoms with Gasteiger partial charge in [-0.1, -0.05) is 33.1 Å². The van der Waals surface area contributed by atoms with Gasteiger partial charge < -0.3 is 14.8 Å². The van der Waals surface area contributed by atoms with Crippen molar-refractivity contribution in [1.29, 1.82) is 0 Å². The fraction of sp³-hybridized carbons (Fsp3) is 0.647. The summed E-state index contributed by atoms with van der Waals surface area (Å²) in [4.78, 5) is 0. The number of hydrogen-bond donors (Lipinski definition) is 1. The Morgan fingerprint density at radius 2 is 1.70 bits per heavy atom. The second kappa shape index (κ2) is 8.85. The molecule has 0 aliphatic rings. The standard InChI is InChI=1S/C17H29NO2/c1-6-8-9-10-15(18-7-2)14-12-17(20-5)16(19-4)11-13(14)3/h11-12,15,18H,6-10H2,1-5H3. The van der Waals surface area contributed by atoms with Crippen molar-refractivity contribution >= 4 is 0 Å². The summed E-state index contributed by atoms with van der Waals surface area (Å²) in [7, 11) is 3.37. The Kier molecular flexibility index (Phi) is 7.45. The minimum Gasteiger partial charge on any atom is -0.493 e. The maximum Gasteiger partial charge on any atom is 0.161 e. The number of hydrogen-bond acceptors (Lipinski definition) is 3. The van der Waals surface area contributed by atoms with Crippen LogP contribution in [0.1, 0.15) is 56.7 Å². The molecule has 20 heavy (non-hydrogen) atoms. The van der Waals surface area contributed by atoms with Gasteiger partial charge in [-0.3, -0.25) is 0 Å². The third-order valence-electron chi connectivity index (χ3n) is 3.69. The predicted molar refractivity (Wildman–Crippen MR) is 84.8 cm³/mol. The van der Waals surface area contributed by atoms with Crippen LogP contribution in [0, 0.1) is 6.92 Å². The molecule has 0 fully saturated rings. The van der Waals surface area contributed by atoms with Gasteiger partial charge in [-0.05, 0) is 43.1 Å². The summed E-state index contributed by atoms with van der Waals surface area (Å²) in [6.07, 6.45) is 4.96. The summed E-state index contributed by atoms with van der Waals surface area (Å²) in [5, 5.41) is 3.59. The van der Waals surface area contributed by atoms with Crippen LogP contribution in [-0.4, -0.2) is 20.8 Å². The van der Waals surface area contributed by atoms with Gasteiger partial charge in [-0.25, -0.2) is 0 Å². The van der Waals surface area contributed by atoms with E-state index < -0.39 is 0 Å². The van der Waals surface area contributed by atoms with E-state index in [1.807, 2.05) is 0 Å². The number of benzene rings is 1. The first-order chi connectivity index (χ1) is 9.67. The van der Waals surface area contributed by atoms with Crippen LogP contribution in [0.25, 0.3) is 0 Å². The van der Waals surface area contributed by atoms with Crippen LogP contribution in [-0.2, 0) is 0 Å². The smallest absolute Gasteiger partial charge is 0.161 e. The number of aryl methyl sites for hydroxylation is 1. The summed E-state index contributed by atoms with van der Waals surface area (Å²) in [6.45, 7) is 7.51. The second-order valence-electron chi connectivity index (χ2n) is 5.17. The Morgan fingerprint density at radius 3 is 2.25 bits per heavy atom. The van der Waals surface area contributed by atoms with Gasteiger partial charge in [-0.15, -0.1) is 0 Å². The van der Waals surface area contributed by atoms with E-state index in [-0.39, 0.29) is 0 Å². The third kappa shape index (κ3) is 4.41. The molecular weight excluding hydrogens is 250 g/mol. The minimum absolute atomic E-state index is 0.395. The highest BCUT2D eigenvalue weighted by Crippen LogP contribution is 2.34. The Morgan fingerprint density at radius 1 is 1.05 bits per heavy atom. The monoisotopic (exact) mass is 279 g/mol. The topological polar surface area (TPSA) is 30.5 Å².